The summed E-state index contributed by atoms with van der Waals surface area (Å²) in [5, 5.41) is 0. The summed E-state index contributed by atoms with van der Waals surface area (Å²) in [6.45, 7) is 1.83. The fourth-order valence-electron chi connectivity index (χ4n) is 1.34. The lowest BCUT2D eigenvalue weighted by molar-refractivity contribution is -0.141. The van der Waals surface area contributed by atoms with Crippen molar-refractivity contribution < 1.29 is 32.2 Å². The van der Waals surface area contributed by atoms with Crippen LogP contribution in [0, 0.1) is 0 Å². The van der Waals surface area contributed by atoms with E-state index < -0.39 is 27.7 Å². The summed E-state index contributed by atoms with van der Waals surface area (Å²) in [5.74, 6) is -2.11. The van der Waals surface area contributed by atoms with Gasteiger partial charge in [-0.05, 0) is 6.92 Å². The number of sulfonamides is 1. The van der Waals surface area contributed by atoms with E-state index in [2.05, 4.69) is 9.47 Å². The molecule has 0 heterocycles. The lowest BCUT2D eigenvalue weighted by atomic mass is 10.4. The van der Waals surface area contributed by atoms with Crippen molar-refractivity contribution in [2.24, 2.45) is 0 Å². The molecule has 0 bridgehead atoms. The first kappa shape index (κ1) is 18.8. The summed E-state index contributed by atoms with van der Waals surface area (Å²) in [4.78, 5) is 22.4. The van der Waals surface area contributed by atoms with E-state index in [4.69, 9.17) is 4.74 Å². The molecule has 0 rings (SSSR count). The third-order valence-corrected chi connectivity index (χ3v) is 4.09. The Morgan fingerprint density at radius 2 is 1.75 bits per heavy atom. The number of esters is 2. The van der Waals surface area contributed by atoms with E-state index in [0.29, 0.717) is 0 Å². The highest BCUT2D eigenvalue weighted by molar-refractivity contribution is 7.89. The molecule has 0 fully saturated rings. The maximum atomic E-state index is 12.0. The Morgan fingerprint density at radius 3 is 2.25 bits per heavy atom. The maximum absolute atomic E-state index is 12.0. The highest BCUT2D eigenvalue weighted by Gasteiger charge is 2.26. The number of rotatable bonds is 10. The van der Waals surface area contributed by atoms with Crippen molar-refractivity contribution >= 4 is 22.0 Å². The lowest BCUT2D eigenvalue weighted by Gasteiger charge is -2.20. The third kappa shape index (κ3) is 7.41. The molecule has 9 heteroatoms. The Bertz CT molecular complexity index is 407. The molecular weight excluding hydrogens is 290 g/mol. The predicted octanol–water partition coefficient (Wildman–Crippen LogP) is -0.609. The van der Waals surface area contributed by atoms with E-state index in [1.165, 1.54) is 14.2 Å². The third-order valence-electron chi connectivity index (χ3n) is 2.34. The summed E-state index contributed by atoms with van der Waals surface area (Å²) in [6.07, 6.45) is -0.0950. The molecule has 0 aliphatic heterocycles. The monoisotopic (exact) mass is 311 g/mol. The normalized spacial score (nSPS) is 11.4. The molecule has 0 aliphatic carbocycles. The van der Waals surface area contributed by atoms with Gasteiger partial charge in [0.1, 0.15) is 0 Å². The molecule has 0 amide bonds. The van der Waals surface area contributed by atoms with E-state index in [-0.39, 0.29) is 32.7 Å². The summed E-state index contributed by atoms with van der Waals surface area (Å²) in [5.41, 5.74) is 0. The smallest absolute Gasteiger partial charge is 0.322 e. The average Bonchev–Trinajstić information content (AvgIpc) is 2.37. The van der Waals surface area contributed by atoms with Gasteiger partial charge >= 0.3 is 11.9 Å². The van der Waals surface area contributed by atoms with Gasteiger partial charge in [0.2, 0.25) is 10.0 Å². The Kier molecular flexibility index (Phi) is 9.10. The van der Waals surface area contributed by atoms with Crippen LogP contribution in [0.1, 0.15) is 13.3 Å². The Morgan fingerprint density at radius 1 is 1.10 bits per heavy atom. The van der Waals surface area contributed by atoms with Gasteiger partial charge in [-0.1, -0.05) is 0 Å². The fourth-order valence-corrected chi connectivity index (χ4v) is 2.63. The molecule has 0 N–H and O–H groups in total. The van der Waals surface area contributed by atoms with Crippen LogP contribution in [0.15, 0.2) is 0 Å². The summed E-state index contributed by atoms with van der Waals surface area (Å²) < 4.78 is 39.0. The first-order chi connectivity index (χ1) is 9.37. The zero-order chi connectivity index (χ0) is 15.6. The minimum absolute atomic E-state index is 0.0508. The van der Waals surface area contributed by atoms with Gasteiger partial charge in [0.05, 0.1) is 26.7 Å². The molecule has 0 aromatic carbocycles. The van der Waals surface area contributed by atoms with E-state index in [1.54, 1.807) is 6.92 Å². The van der Waals surface area contributed by atoms with Crippen LogP contribution in [-0.4, -0.2) is 70.9 Å². The topological polar surface area (TPSA) is 99.2 Å². The number of ether oxygens (including phenoxy) is 3. The second-order valence-electron chi connectivity index (χ2n) is 3.78. The van der Waals surface area contributed by atoms with Crippen LogP contribution in [0.3, 0.4) is 0 Å². The largest absolute Gasteiger partial charge is 0.469 e. The van der Waals surface area contributed by atoms with Gasteiger partial charge in [-0.2, -0.15) is 4.31 Å². The maximum Gasteiger partial charge on any atom is 0.322 e. The first-order valence-electron chi connectivity index (χ1n) is 6.06. The quantitative estimate of drug-likeness (QED) is 0.496. The summed E-state index contributed by atoms with van der Waals surface area (Å²) in [6, 6.07) is 0. The van der Waals surface area contributed by atoms with Crippen LogP contribution in [0.2, 0.25) is 0 Å². The van der Waals surface area contributed by atoms with E-state index in [0.717, 1.165) is 4.31 Å². The molecule has 0 atom stereocenters. The summed E-state index contributed by atoms with van der Waals surface area (Å²) >= 11 is 0. The van der Waals surface area contributed by atoms with Gasteiger partial charge in [-0.3, -0.25) is 9.59 Å². The lowest BCUT2D eigenvalue weighted by Crippen LogP contribution is -2.39. The van der Waals surface area contributed by atoms with Gasteiger partial charge in [0.15, 0.2) is 5.75 Å². The molecule has 118 valence electrons. The van der Waals surface area contributed by atoms with Crippen molar-refractivity contribution in [2.45, 2.75) is 13.3 Å². The number of carbonyl (C=O) groups is 2. The molecule has 0 unspecified atom stereocenters. The summed E-state index contributed by atoms with van der Waals surface area (Å²) in [7, 11) is -1.20. The molecule has 0 spiro atoms. The van der Waals surface area contributed by atoms with Gasteiger partial charge in [-0.25, -0.2) is 8.42 Å². The zero-order valence-corrected chi connectivity index (χ0v) is 12.8. The molecule has 0 saturated heterocycles. The number of nitrogens with zero attached hydrogens (tertiary/aromatic N) is 1. The standard InChI is InChI=1S/C11H21NO7S/c1-4-19-11(14)9-20(15,16)12(7-8-17-2)6-5-10(13)18-3/h4-9H2,1-3H3. The average molecular weight is 311 g/mol. The van der Waals surface area contributed by atoms with Gasteiger partial charge in [-0.15, -0.1) is 0 Å². The van der Waals surface area contributed by atoms with Crippen LogP contribution in [0.25, 0.3) is 0 Å². The Hall–Kier alpha value is -1.19. The molecule has 0 radical (unpaired) electrons. The number of carbonyl (C=O) groups excluding carboxylic acids is 2. The predicted molar refractivity (Wildman–Crippen MR) is 70.5 cm³/mol. The molecule has 0 aromatic rings. The van der Waals surface area contributed by atoms with Crippen LogP contribution < -0.4 is 0 Å². The van der Waals surface area contributed by atoms with Crippen LogP contribution >= 0.6 is 0 Å². The second kappa shape index (κ2) is 9.67. The number of methoxy groups -OCH3 is 2. The van der Waals surface area contributed by atoms with Crippen LogP contribution in [-0.2, 0) is 33.8 Å². The van der Waals surface area contributed by atoms with Gasteiger partial charge in [0.25, 0.3) is 0 Å². The first-order valence-corrected chi connectivity index (χ1v) is 7.67. The molecule has 8 nitrogen and oxygen atoms in total. The highest BCUT2D eigenvalue weighted by atomic mass is 32.2. The van der Waals surface area contributed by atoms with Crippen molar-refractivity contribution in [3.63, 3.8) is 0 Å². The SMILES string of the molecule is CCOC(=O)CS(=O)(=O)N(CCOC)CCC(=O)OC. The zero-order valence-electron chi connectivity index (χ0n) is 12.0. The molecule has 0 aliphatic rings. The van der Waals surface area contributed by atoms with Crippen LogP contribution in [0.4, 0.5) is 0 Å². The molecular formula is C11H21NO7S. The minimum Gasteiger partial charge on any atom is -0.469 e. The Balaban J connectivity index is 4.71. The van der Waals surface area contributed by atoms with E-state index in [1.807, 2.05) is 0 Å². The minimum atomic E-state index is -3.85. The van der Waals surface area contributed by atoms with Crippen molar-refractivity contribution in [1.29, 1.82) is 0 Å². The highest BCUT2D eigenvalue weighted by Crippen LogP contribution is 2.05. The van der Waals surface area contributed by atoms with Crippen molar-refractivity contribution in [2.75, 3.05) is 46.3 Å². The second-order valence-corrected chi connectivity index (χ2v) is 5.75. The molecule has 0 saturated carbocycles. The van der Waals surface area contributed by atoms with E-state index >= 15 is 0 Å². The van der Waals surface area contributed by atoms with E-state index in [9.17, 15) is 18.0 Å². The van der Waals surface area contributed by atoms with Gasteiger partial charge < -0.3 is 14.2 Å². The fraction of sp³-hybridized carbons (Fsp3) is 0.818. The van der Waals surface area contributed by atoms with Gasteiger partial charge in [0, 0.05) is 20.2 Å². The van der Waals surface area contributed by atoms with Crippen molar-refractivity contribution in [3.05, 3.63) is 0 Å². The van der Waals surface area contributed by atoms with Crippen molar-refractivity contribution in [3.8, 4) is 0 Å². The van der Waals surface area contributed by atoms with Crippen molar-refractivity contribution in [1.82, 2.24) is 4.31 Å². The molecule has 20 heavy (non-hydrogen) atoms. The van der Waals surface area contributed by atoms with Crippen LogP contribution in [0.5, 0.6) is 0 Å². The molecule has 0 aromatic heterocycles. The Labute approximate surface area is 119 Å². The number of hydrogen-bond donors (Lipinski definition) is 0. The number of hydrogen-bond acceptors (Lipinski definition) is 7.